The molecule has 0 spiro atoms. The fraction of sp³-hybridized carbons (Fsp3) is 0.714. The van der Waals surface area contributed by atoms with Crippen molar-refractivity contribution >= 4 is 11.6 Å². The van der Waals surface area contributed by atoms with E-state index in [-0.39, 0.29) is 17.9 Å². The molecule has 0 aromatic carbocycles. The average Bonchev–Trinajstić information content (AvgIpc) is 2.67. The van der Waals surface area contributed by atoms with Crippen molar-refractivity contribution in [3.63, 3.8) is 0 Å². The van der Waals surface area contributed by atoms with Gasteiger partial charge in [0.1, 0.15) is 0 Å². The predicted molar refractivity (Wildman–Crippen MR) is 73.9 cm³/mol. The summed E-state index contributed by atoms with van der Waals surface area (Å²) in [6, 6.07) is 0. The number of rotatable bonds is 3. The Kier molecular flexibility index (Phi) is 4.24. The second-order valence-electron chi connectivity index (χ2n) is 5.62. The number of anilines is 1. The van der Waals surface area contributed by atoms with Crippen LogP contribution >= 0.6 is 0 Å². The zero-order valence-electron chi connectivity index (χ0n) is 12.1. The fourth-order valence-corrected chi connectivity index (χ4v) is 2.69. The van der Waals surface area contributed by atoms with Gasteiger partial charge in [0.05, 0.1) is 23.4 Å². The zero-order chi connectivity index (χ0) is 14.0. The molecule has 2 heterocycles. The Hall–Kier alpha value is -1.36. The third-order valence-electron chi connectivity index (χ3n) is 3.63. The lowest BCUT2D eigenvalue weighted by Crippen LogP contribution is -2.41. The molecule has 5 nitrogen and oxygen atoms in total. The minimum atomic E-state index is -0.0617. The number of carbonyl (C=O) groups is 1. The molecule has 1 amide bonds. The lowest BCUT2D eigenvalue weighted by Gasteiger charge is -2.33. The summed E-state index contributed by atoms with van der Waals surface area (Å²) in [6.45, 7) is 6.86. The van der Waals surface area contributed by atoms with Crippen LogP contribution in [0, 0.1) is 18.8 Å². The van der Waals surface area contributed by atoms with E-state index in [9.17, 15) is 4.79 Å². The van der Waals surface area contributed by atoms with Crippen molar-refractivity contribution in [2.24, 2.45) is 18.9 Å². The van der Waals surface area contributed by atoms with Gasteiger partial charge in [-0.1, -0.05) is 13.8 Å². The number of hydrogen-bond donors (Lipinski definition) is 1. The molecule has 0 bridgehead atoms. The van der Waals surface area contributed by atoms with Gasteiger partial charge in [0.25, 0.3) is 0 Å². The average molecular weight is 265 g/mol. The van der Waals surface area contributed by atoms with Crippen LogP contribution in [-0.4, -0.2) is 28.4 Å². The van der Waals surface area contributed by atoms with Crippen molar-refractivity contribution in [3.8, 4) is 0 Å². The van der Waals surface area contributed by atoms with Gasteiger partial charge in [-0.2, -0.15) is 5.10 Å². The Labute approximate surface area is 114 Å². The molecule has 0 unspecified atom stereocenters. The molecule has 1 aliphatic rings. The monoisotopic (exact) mass is 265 g/mol. The van der Waals surface area contributed by atoms with Crippen molar-refractivity contribution < 1.29 is 9.53 Å². The number of ether oxygens (including phenoxy) is 1. The predicted octanol–water partition coefficient (Wildman–Crippen LogP) is 2.12. The molecule has 19 heavy (non-hydrogen) atoms. The van der Waals surface area contributed by atoms with Crippen LogP contribution in [0.3, 0.4) is 0 Å². The van der Waals surface area contributed by atoms with Crippen LogP contribution in [0.4, 0.5) is 5.69 Å². The highest BCUT2D eigenvalue weighted by atomic mass is 16.5. The maximum Gasteiger partial charge on any atom is 0.230 e. The second-order valence-corrected chi connectivity index (χ2v) is 5.62. The van der Waals surface area contributed by atoms with Crippen LogP contribution < -0.4 is 5.32 Å². The molecule has 5 heteroatoms. The largest absolute Gasteiger partial charge is 0.377 e. The van der Waals surface area contributed by atoms with Crippen molar-refractivity contribution in [1.82, 2.24) is 9.78 Å². The molecule has 1 aliphatic heterocycles. The number of aryl methyl sites for hydroxylation is 2. The summed E-state index contributed by atoms with van der Waals surface area (Å²) >= 11 is 0. The standard InChI is InChI=1S/C14H23N3O2/c1-9(2)13-11(6-5-7-19-13)14(18)15-12-8-17(4)16-10(12)3/h8-9,11,13H,5-7H2,1-4H3,(H,15,18)/t11-,13+/m1/s1. The highest BCUT2D eigenvalue weighted by molar-refractivity contribution is 5.93. The van der Waals surface area contributed by atoms with E-state index in [4.69, 9.17) is 4.74 Å². The van der Waals surface area contributed by atoms with E-state index in [1.807, 2.05) is 20.2 Å². The van der Waals surface area contributed by atoms with Gasteiger partial charge in [-0.15, -0.1) is 0 Å². The van der Waals surface area contributed by atoms with Gasteiger partial charge >= 0.3 is 0 Å². The first-order chi connectivity index (χ1) is 8.99. The molecule has 1 N–H and O–H groups in total. The molecular formula is C14H23N3O2. The first kappa shape index (κ1) is 14.1. The topological polar surface area (TPSA) is 56.2 Å². The summed E-state index contributed by atoms with van der Waals surface area (Å²) in [7, 11) is 1.85. The van der Waals surface area contributed by atoms with Gasteiger partial charge in [0, 0.05) is 19.9 Å². The Morgan fingerprint density at radius 2 is 2.32 bits per heavy atom. The summed E-state index contributed by atoms with van der Waals surface area (Å²) in [5, 5.41) is 7.22. The molecule has 1 saturated heterocycles. The maximum absolute atomic E-state index is 12.4. The van der Waals surface area contributed by atoms with E-state index in [2.05, 4.69) is 24.3 Å². The minimum Gasteiger partial charge on any atom is -0.377 e. The number of carbonyl (C=O) groups excluding carboxylic acids is 1. The molecule has 0 saturated carbocycles. The molecule has 106 valence electrons. The van der Waals surface area contributed by atoms with E-state index in [0.29, 0.717) is 5.92 Å². The fourth-order valence-electron chi connectivity index (χ4n) is 2.69. The SMILES string of the molecule is Cc1nn(C)cc1NC(=O)[C@@H]1CCCO[C@H]1C(C)C. The van der Waals surface area contributed by atoms with E-state index < -0.39 is 0 Å². The third kappa shape index (κ3) is 3.15. The van der Waals surface area contributed by atoms with E-state index in [0.717, 1.165) is 30.8 Å². The van der Waals surface area contributed by atoms with Crippen molar-refractivity contribution in [2.75, 3.05) is 11.9 Å². The zero-order valence-corrected chi connectivity index (χ0v) is 12.1. The smallest absolute Gasteiger partial charge is 0.230 e. The second kappa shape index (κ2) is 5.74. The molecular weight excluding hydrogens is 242 g/mol. The quantitative estimate of drug-likeness (QED) is 0.910. The van der Waals surface area contributed by atoms with Gasteiger partial charge in [0.15, 0.2) is 0 Å². The molecule has 2 rings (SSSR count). The van der Waals surface area contributed by atoms with Crippen LogP contribution in [0.15, 0.2) is 6.20 Å². The van der Waals surface area contributed by atoms with Crippen LogP contribution in [0.5, 0.6) is 0 Å². The summed E-state index contributed by atoms with van der Waals surface area (Å²) in [6.07, 6.45) is 3.70. The van der Waals surface area contributed by atoms with E-state index >= 15 is 0 Å². The number of hydrogen-bond acceptors (Lipinski definition) is 3. The highest BCUT2D eigenvalue weighted by Crippen LogP contribution is 2.27. The molecule has 2 atom stereocenters. The Morgan fingerprint density at radius 3 is 2.89 bits per heavy atom. The van der Waals surface area contributed by atoms with Crippen LogP contribution in [0.1, 0.15) is 32.4 Å². The maximum atomic E-state index is 12.4. The molecule has 1 fully saturated rings. The van der Waals surface area contributed by atoms with Gasteiger partial charge in [0.2, 0.25) is 5.91 Å². The number of amides is 1. The normalized spacial score (nSPS) is 23.6. The highest BCUT2D eigenvalue weighted by Gasteiger charge is 2.34. The third-order valence-corrected chi connectivity index (χ3v) is 3.63. The Bertz CT molecular complexity index is 454. The first-order valence-corrected chi connectivity index (χ1v) is 6.91. The number of nitrogens with one attached hydrogen (secondary N) is 1. The lowest BCUT2D eigenvalue weighted by molar-refractivity contribution is -0.131. The van der Waals surface area contributed by atoms with E-state index in [1.54, 1.807) is 4.68 Å². The molecule has 1 aromatic rings. The lowest BCUT2D eigenvalue weighted by atomic mass is 9.87. The summed E-state index contributed by atoms with van der Waals surface area (Å²) < 4.78 is 7.48. The Morgan fingerprint density at radius 1 is 1.58 bits per heavy atom. The minimum absolute atomic E-state index is 0.0192. The molecule has 1 aromatic heterocycles. The van der Waals surface area contributed by atoms with Gasteiger partial charge in [-0.3, -0.25) is 9.48 Å². The van der Waals surface area contributed by atoms with Gasteiger partial charge < -0.3 is 10.1 Å². The van der Waals surface area contributed by atoms with Crippen LogP contribution in [0.25, 0.3) is 0 Å². The van der Waals surface area contributed by atoms with Gasteiger partial charge in [-0.25, -0.2) is 0 Å². The Balaban J connectivity index is 2.07. The van der Waals surface area contributed by atoms with Crippen molar-refractivity contribution in [1.29, 1.82) is 0 Å². The van der Waals surface area contributed by atoms with Crippen molar-refractivity contribution in [2.45, 2.75) is 39.7 Å². The van der Waals surface area contributed by atoms with E-state index in [1.165, 1.54) is 0 Å². The summed E-state index contributed by atoms with van der Waals surface area (Å²) in [5.74, 6) is 0.342. The first-order valence-electron chi connectivity index (χ1n) is 6.91. The van der Waals surface area contributed by atoms with Crippen LogP contribution in [0.2, 0.25) is 0 Å². The van der Waals surface area contributed by atoms with Crippen LogP contribution in [-0.2, 0) is 16.6 Å². The molecule has 0 aliphatic carbocycles. The summed E-state index contributed by atoms with van der Waals surface area (Å²) in [4.78, 5) is 12.4. The molecule has 0 radical (unpaired) electrons. The summed E-state index contributed by atoms with van der Waals surface area (Å²) in [5.41, 5.74) is 1.63. The van der Waals surface area contributed by atoms with Gasteiger partial charge in [-0.05, 0) is 25.7 Å². The van der Waals surface area contributed by atoms with Crippen molar-refractivity contribution in [3.05, 3.63) is 11.9 Å². The number of aromatic nitrogens is 2. The number of nitrogens with zero attached hydrogens (tertiary/aromatic N) is 2.